The SMILES string of the molecule is N[C@H](CO)[C@@H](O)C1CCCC1. The molecule has 0 unspecified atom stereocenters. The van der Waals surface area contributed by atoms with Crippen LogP contribution in [0.4, 0.5) is 0 Å². The Morgan fingerprint density at radius 3 is 2.36 bits per heavy atom. The van der Waals surface area contributed by atoms with Crippen LogP contribution in [-0.4, -0.2) is 29.0 Å². The number of hydrogen-bond donors (Lipinski definition) is 3. The molecule has 0 heterocycles. The average Bonchev–Trinajstić information content (AvgIpc) is 2.53. The molecule has 0 amide bonds. The van der Waals surface area contributed by atoms with Crippen LogP contribution in [0.1, 0.15) is 25.7 Å². The van der Waals surface area contributed by atoms with E-state index in [0.29, 0.717) is 5.92 Å². The molecule has 0 aromatic rings. The third-order valence-electron chi connectivity index (χ3n) is 2.53. The first-order valence-corrected chi connectivity index (χ1v) is 4.30. The van der Waals surface area contributed by atoms with Crippen molar-refractivity contribution in [1.29, 1.82) is 0 Å². The van der Waals surface area contributed by atoms with Crippen LogP contribution in [0.3, 0.4) is 0 Å². The van der Waals surface area contributed by atoms with Crippen LogP contribution in [0.25, 0.3) is 0 Å². The van der Waals surface area contributed by atoms with E-state index in [1.165, 1.54) is 12.8 Å². The van der Waals surface area contributed by atoms with Gasteiger partial charge in [0.15, 0.2) is 0 Å². The van der Waals surface area contributed by atoms with Crippen molar-refractivity contribution >= 4 is 0 Å². The highest BCUT2D eigenvalue weighted by molar-refractivity contribution is 4.81. The van der Waals surface area contributed by atoms with Gasteiger partial charge in [0.25, 0.3) is 0 Å². The molecule has 1 aliphatic carbocycles. The molecule has 11 heavy (non-hydrogen) atoms. The summed E-state index contributed by atoms with van der Waals surface area (Å²) in [4.78, 5) is 0. The van der Waals surface area contributed by atoms with E-state index in [0.717, 1.165) is 12.8 Å². The highest BCUT2D eigenvalue weighted by Gasteiger charge is 2.27. The van der Waals surface area contributed by atoms with Gasteiger partial charge in [-0.05, 0) is 18.8 Å². The molecule has 1 aliphatic rings. The molecule has 3 heteroatoms. The van der Waals surface area contributed by atoms with E-state index in [9.17, 15) is 5.11 Å². The molecule has 4 N–H and O–H groups in total. The fourth-order valence-corrected chi connectivity index (χ4v) is 1.76. The van der Waals surface area contributed by atoms with Crippen LogP contribution in [0, 0.1) is 5.92 Å². The highest BCUT2D eigenvalue weighted by Crippen LogP contribution is 2.28. The van der Waals surface area contributed by atoms with Gasteiger partial charge in [-0.2, -0.15) is 0 Å². The van der Waals surface area contributed by atoms with E-state index in [4.69, 9.17) is 10.8 Å². The van der Waals surface area contributed by atoms with Gasteiger partial charge in [-0.25, -0.2) is 0 Å². The molecule has 0 bridgehead atoms. The molecule has 66 valence electrons. The molecular weight excluding hydrogens is 142 g/mol. The van der Waals surface area contributed by atoms with E-state index in [-0.39, 0.29) is 6.61 Å². The van der Waals surface area contributed by atoms with Gasteiger partial charge in [0.2, 0.25) is 0 Å². The molecule has 1 rings (SSSR count). The van der Waals surface area contributed by atoms with Gasteiger partial charge in [-0.3, -0.25) is 0 Å². The molecule has 0 aromatic heterocycles. The average molecular weight is 159 g/mol. The summed E-state index contributed by atoms with van der Waals surface area (Å²) in [5, 5.41) is 18.2. The standard InChI is InChI=1S/C8H17NO2/c9-7(5-10)8(11)6-3-1-2-4-6/h6-8,10-11H,1-5,9H2/t7-,8+/m1/s1. The third kappa shape index (κ3) is 2.15. The van der Waals surface area contributed by atoms with Gasteiger partial charge in [-0.15, -0.1) is 0 Å². The third-order valence-corrected chi connectivity index (χ3v) is 2.53. The van der Waals surface area contributed by atoms with Crippen molar-refractivity contribution in [3.05, 3.63) is 0 Å². The van der Waals surface area contributed by atoms with E-state index in [2.05, 4.69) is 0 Å². The molecule has 1 fully saturated rings. The normalized spacial score (nSPS) is 25.4. The molecule has 2 atom stereocenters. The van der Waals surface area contributed by atoms with Gasteiger partial charge in [0, 0.05) is 0 Å². The zero-order valence-electron chi connectivity index (χ0n) is 6.74. The highest BCUT2D eigenvalue weighted by atomic mass is 16.3. The predicted octanol–water partition coefficient (Wildman–Crippen LogP) is -0.143. The van der Waals surface area contributed by atoms with Crippen LogP contribution in [0.5, 0.6) is 0 Å². The van der Waals surface area contributed by atoms with Crippen molar-refractivity contribution in [3.63, 3.8) is 0 Å². The van der Waals surface area contributed by atoms with Crippen molar-refractivity contribution in [3.8, 4) is 0 Å². The number of rotatable bonds is 3. The number of hydrogen-bond acceptors (Lipinski definition) is 3. The maximum absolute atomic E-state index is 9.53. The van der Waals surface area contributed by atoms with Gasteiger partial charge in [-0.1, -0.05) is 12.8 Å². The lowest BCUT2D eigenvalue weighted by molar-refractivity contribution is 0.0610. The van der Waals surface area contributed by atoms with Crippen molar-refractivity contribution in [2.45, 2.75) is 37.8 Å². The fraction of sp³-hybridized carbons (Fsp3) is 1.00. The van der Waals surface area contributed by atoms with Gasteiger partial charge < -0.3 is 15.9 Å². The van der Waals surface area contributed by atoms with Crippen LogP contribution in [0.15, 0.2) is 0 Å². The molecule has 1 saturated carbocycles. The van der Waals surface area contributed by atoms with E-state index in [1.807, 2.05) is 0 Å². The maximum atomic E-state index is 9.53. The monoisotopic (exact) mass is 159 g/mol. The van der Waals surface area contributed by atoms with Crippen molar-refractivity contribution < 1.29 is 10.2 Å². The van der Waals surface area contributed by atoms with Crippen LogP contribution < -0.4 is 5.73 Å². The Balaban J connectivity index is 2.32. The molecule has 0 aromatic carbocycles. The zero-order chi connectivity index (χ0) is 8.27. The quantitative estimate of drug-likeness (QED) is 0.537. The lowest BCUT2D eigenvalue weighted by atomic mass is 9.96. The Morgan fingerprint density at radius 2 is 1.91 bits per heavy atom. The fourth-order valence-electron chi connectivity index (χ4n) is 1.76. The first-order chi connectivity index (χ1) is 5.25. The van der Waals surface area contributed by atoms with Crippen molar-refractivity contribution in [1.82, 2.24) is 0 Å². The molecule has 0 radical (unpaired) electrons. The number of nitrogens with two attached hydrogens (primary N) is 1. The summed E-state index contributed by atoms with van der Waals surface area (Å²) in [7, 11) is 0. The summed E-state index contributed by atoms with van der Waals surface area (Å²) in [6.07, 6.45) is 4.02. The largest absolute Gasteiger partial charge is 0.395 e. The Kier molecular flexibility index (Phi) is 3.30. The topological polar surface area (TPSA) is 66.5 Å². The molecule has 0 spiro atoms. The minimum atomic E-state index is -0.498. The van der Waals surface area contributed by atoms with Gasteiger partial charge in [0.1, 0.15) is 0 Å². The Morgan fingerprint density at radius 1 is 1.36 bits per heavy atom. The Bertz CT molecular complexity index is 113. The van der Waals surface area contributed by atoms with E-state index in [1.54, 1.807) is 0 Å². The lowest BCUT2D eigenvalue weighted by Gasteiger charge is -2.22. The van der Waals surface area contributed by atoms with Gasteiger partial charge in [0.05, 0.1) is 18.8 Å². The summed E-state index contributed by atoms with van der Waals surface area (Å²) < 4.78 is 0. The second kappa shape index (κ2) is 4.04. The molecule has 3 nitrogen and oxygen atoms in total. The van der Waals surface area contributed by atoms with E-state index < -0.39 is 12.1 Å². The minimum Gasteiger partial charge on any atom is -0.395 e. The number of aliphatic hydroxyl groups excluding tert-OH is 2. The Labute approximate surface area is 67.2 Å². The summed E-state index contributed by atoms with van der Waals surface area (Å²) >= 11 is 0. The van der Waals surface area contributed by atoms with E-state index >= 15 is 0 Å². The van der Waals surface area contributed by atoms with Gasteiger partial charge >= 0.3 is 0 Å². The van der Waals surface area contributed by atoms with Crippen LogP contribution in [-0.2, 0) is 0 Å². The first kappa shape index (κ1) is 8.97. The summed E-state index contributed by atoms with van der Waals surface area (Å²) in [5.41, 5.74) is 5.50. The minimum absolute atomic E-state index is 0.113. The second-order valence-electron chi connectivity index (χ2n) is 3.38. The smallest absolute Gasteiger partial charge is 0.0741 e. The molecule has 0 saturated heterocycles. The predicted molar refractivity (Wildman–Crippen MR) is 43.0 cm³/mol. The Hall–Kier alpha value is -0.120. The lowest BCUT2D eigenvalue weighted by Crippen LogP contribution is -2.41. The molecule has 0 aliphatic heterocycles. The summed E-state index contributed by atoms with van der Waals surface area (Å²) in [6, 6.07) is -0.446. The van der Waals surface area contributed by atoms with Crippen LogP contribution >= 0.6 is 0 Å². The van der Waals surface area contributed by atoms with Crippen LogP contribution in [0.2, 0.25) is 0 Å². The first-order valence-electron chi connectivity index (χ1n) is 4.30. The molecular formula is C8H17NO2. The number of aliphatic hydroxyl groups is 2. The zero-order valence-corrected chi connectivity index (χ0v) is 6.74. The maximum Gasteiger partial charge on any atom is 0.0741 e. The van der Waals surface area contributed by atoms with Crippen molar-refractivity contribution in [2.75, 3.05) is 6.61 Å². The summed E-state index contributed by atoms with van der Waals surface area (Å²) in [6.45, 7) is -0.113. The summed E-state index contributed by atoms with van der Waals surface area (Å²) in [5.74, 6) is 0.331. The second-order valence-corrected chi connectivity index (χ2v) is 3.38. The van der Waals surface area contributed by atoms with Crippen molar-refractivity contribution in [2.24, 2.45) is 11.7 Å².